The van der Waals surface area contributed by atoms with E-state index < -0.39 is 18.5 Å². The molecule has 0 aromatic heterocycles. The van der Waals surface area contributed by atoms with Crippen LogP contribution in [0.25, 0.3) is 0 Å². The van der Waals surface area contributed by atoms with Gasteiger partial charge in [-0.1, -0.05) is 24.3 Å². The summed E-state index contributed by atoms with van der Waals surface area (Å²) < 4.78 is 37.9. The Morgan fingerprint density at radius 2 is 1.83 bits per heavy atom. The van der Waals surface area contributed by atoms with Crippen LogP contribution in [0, 0.1) is 0 Å². The van der Waals surface area contributed by atoms with Crippen molar-refractivity contribution >= 4 is 5.91 Å². The average Bonchev–Trinajstić information content (AvgIpc) is 2.98. The molecule has 0 spiro atoms. The van der Waals surface area contributed by atoms with E-state index in [1.54, 1.807) is 0 Å². The molecule has 3 rings (SSSR count). The molecule has 1 saturated heterocycles. The average molecular weight is 326 g/mol. The van der Waals surface area contributed by atoms with E-state index in [2.05, 4.69) is 4.90 Å². The maximum atomic E-state index is 12.6. The van der Waals surface area contributed by atoms with Crippen LogP contribution in [0.15, 0.2) is 24.3 Å². The summed E-state index contributed by atoms with van der Waals surface area (Å²) in [5.74, 6) is -0.809. The van der Waals surface area contributed by atoms with E-state index in [1.165, 1.54) is 4.90 Å². The number of hydrogen-bond acceptors (Lipinski definition) is 2. The zero-order valence-electron chi connectivity index (χ0n) is 13.0. The van der Waals surface area contributed by atoms with Gasteiger partial charge in [-0.15, -0.1) is 0 Å². The van der Waals surface area contributed by atoms with Crippen molar-refractivity contribution in [2.24, 2.45) is 0 Å². The Morgan fingerprint density at radius 1 is 1.13 bits per heavy atom. The Morgan fingerprint density at radius 3 is 2.52 bits per heavy atom. The number of rotatable bonds is 3. The zero-order chi connectivity index (χ0) is 16.4. The lowest BCUT2D eigenvalue weighted by atomic mass is 9.92. The van der Waals surface area contributed by atoms with Crippen molar-refractivity contribution in [2.45, 2.75) is 37.9 Å². The molecule has 0 saturated carbocycles. The number of fused-ring (bicyclic) bond motifs is 1. The minimum Gasteiger partial charge on any atom is -0.334 e. The summed E-state index contributed by atoms with van der Waals surface area (Å²) in [4.78, 5) is 15.9. The van der Waals surface area contributed by atoms with Gasteiger partial charge >= 0.3 is 6.18 Å². The van der Waals surface area contributed by atoms with Gasteiger partial charge in [0.05, 0.1) is 6.04 Å². The normalized spacial score (nSPS) is 22.2. The van der Waals surface area contributed by atoms with Crippen molar-refractivity contribution in [3.63, 3.8) is 0 Å². The molecule has 2 aliphatic heterocycles. The van der Waals surface area contributed by atoms with Gasteiger partial charge in [-0.25, -0.2) is 0 Å². The highest BCUT2D eigenvalue weighted by Crippen LogP contribution is 2.33. The monoisotopic (exact) mass is 326 g/mol. The second kappa shape index (κ2) is 6.51. The number of alkyl halides is 3. The van der Waals surface area contributed by atoms with Crippen LogP contribution in [-0.2, 0) is 11.2 Å². The molecular weight excluding hydrogens is 305 g/mol. The van der Waals surface area contributed by atoms with E-state index in [0.29, 0.717) is 19.5 Å². The van der Waals surface area contributed by atoms with Gasteiger partial charge in [0.15, 0.2) is 0 Å². The molecule has 1 atom stereocenters. The summed E-state index contributed by atoms with van der Waals surface area (Å²) >= 11 is 0. The summed E-state index contributed by atoms with van der Waals surface area (Å²) in [5, 5.41) is 0. The molecule has 0 N–H and O–H groups in total. The van der Waals surface area contributed by atoms with Crippen LogP contribution in [-0.4, -0.2) is 48.1 Å². The van der Waals surface area contributed by atoms with Gasteiger partial charge < -0.3 is 9.80 Å². The number of halogens is 3. The van der Waals surface area contributed by atoms with Crippen LogP contribution < -0.4 is 0 Å². The van der Waals surface area contributed by atoms with Crippen LogP contribution >= 0.6 is 0 Å². The van der Waals surface area contributed by atoms with Crippen molar-refractivity contribution in [2.75, 3.05) is 26.2 Å². The molecule has 2 aliphatic rings. The van der Waals surface area contributed by atoms with E-state index in [1.807, 2.05) is 24.3 Å². The number of benzene rings is 1. The molecule has 126 valence electrons. The maximum absolute atomic E-state index is 12.6. The molecule has 1 unspecified atom stereocenters. The van der Waals surface area contributed by atoms with E-state index in [9.17, 15) is 18.0 Å². The van der Waals surface area contributed by atoms with Gasteiger partial charge in [0.1, 0.15) is 6.42 Å². The fraction of sp³-hybridized carbons (Fsp3) is 0.588. The van der Waals surface area contributed by atoms with Crippen LogP contribution in [0.4, 0.5) is 13.2 Å². The number of amides is 1. The second-order valence-corrected chi connectivity index (χ2v) is 6.35. The molecule has 1 aromatic rings. The number of carbonyl (C=O) groups is 1. The molecule has 0 bridgehead atoms. The fourth-order valence-electron chi connectivity index (χ4n) is 3.63. The molecule has 1 amide bonds. The van der Waals surface area contributed by atoms with Gasteiger partial charge in [-0.05, 0) is 43.5 Å². The first-order valence-corrected chi connectivity index (χ1v) is 8.10. The van der Waals surface area contributed by atoms with Crippen LogP contribution in [0.5, 0.6) is 0 Å². The van der Waals surface area contributed by atoms with Gasteiger partial charge in [-0.2, -0.15) is 13.2 Å². The standard InChI is InChI=1S/C17H21F3N2O/c18-17(19,20)11-16(23)22-10-7-13-5-1-2-6-14(13)15(22)12-21-8-3-4-9-21/h1-2,5-6,15H,3-4,7-12H2. The molecule has 0 radical (unpaired) electrons. The number of likely N-dealkylation sites (tertiary alicyclic amines) is 1. The minimum atomic E-state index is -4.45. The lowest BCUT2D eigenvalue weighted by molar-refractivity contribution is -0.163. The Labute approximate surface area is 134 Å². The Kier molecular flexibility index (Phi) is 4.62. The van der Waals surface area contributed by atoms with Crippen molar-refractivity contribution in [3.05, 3.63) is 35.4 Å². The van der Waals surface area contributed by atoms with Crippen LogP contribution in [0.1, 0.15) is 36.4 Å². The Hall–Kier alpha value is -1.56. The first kappa shape index (κ1) is 16.3. The third-order valence-electron chi connectivity index (χ3n) is 4.71. The number of carbonyl (C=O) groups excluding carboxylic acids is 1. The summed E-state index contributed by atoms with van der Waals surface area (Å²) in [6.07, 6.45) is -2.97. The minimum absolute atomic E-state index is 0.270. The summed E-state index contributed by atoms with van der Waals surface area (Å²) in [6, 6.07) is 7.53. The molecule has 23 heavy (non-hydrogen) atoms. The molecule has 1 aromatic carbocycles. The van der Waals surface area contributed by atoms with Crippen LogP contribution in [0.2, 0.25) is 0 Å². The summed E-state index contributed by atoms with van der Waals surface area (Å²) in [5.41, 5.74) is 2.15. The van der Waals surface area contributed by atoms with E-state index in [4.69, 9.17) is 0 Å². The van der Waals surface area contributed by atoms with Crippen molar-refractivity contribution in [1.82, 2.24) is 9.80 Å². The summed E-state index contributed by atoms with van der Waals surface area (Å²) in [6.45, 7) is 2.91. The molecule has 0 aliphatic carbocycles. The smallest absolute Gasteiger partial charge is 0.334 e. The van der Waals surface area contributed by atoms with Gasteiger partial charge in [0.25, 0.3) is 0 Å². The first-order valence-electron chi connectivity index (χ1n) is 8.10. The Bertz CT molecular complexity index is 567. The highest BCUT2D eigenvalue weighted by Gasteiger charge is 2.38. The molecular formula is C17H21F3N2O. The predicted molar refractivity (Wildman–Crippen MR) is 80.9 cm³/mol. The number of nitrogens with zero attached hydrogens (tertiary/aromatic N) is 2. The third kappa shape index (κ3) is 3.86. The quantitative estimate of drug-likeness (QED) is 0.852. The lowest BCUT2D eigenvalue weighted by Gasteiger charge is -2.39. The van der Waals surface area contributed by atoms with Gasteiger partial charge in [-0.3, -0.25) is 4.79 Å². The topological polar surface area (TPSA) is 23.6 Å². The molecule has 3 nitrogen and oxygen atoms in total. The predicted octanol–water partition coefficient (Wildman–Crippen LogP) is 3.16. The maximum Gasteiger partial charge on any atom is 0.397 e. The fourth-order valence-corrected chi connectivity index (χ4v) is 3.63. The van der Waals surface area contributed by atoms with Gasteiger partial charge in [0, 0.05) is 13.1 Å². The van der Waals surface area contributed by atoms with Crippen molar-refractivity contribution in [3.8, 4) is 0 Å². The largest absolute Gasteiger partial charge is 0.397 e. The van der Waals surface area contributed by atoms with E-state index in [0.717, 1.165) is 37.1 Å². The molecule has 1 fully saturated rings. The molecule has 2 heterocycles. The highest BCUT2D eigenvalue weighted by molar-refractivity contribution is 5.78. The highest BCUT2D eigenvalue weighted by atomic mass is 19.4. The number of hydrogen-bond donors (Lipinski definition) is 0. The zero-order valence-corrected chi connectivity index (χ0v) is 13.0. The van der Waals surface area contributed by atoms with E-state index in [-0.39, 0.29) is 6.04 Å². The van der Waals surface area contributed by atoms with Crippen molar-refractivity contribution < 1.29 is 18.0 Å². The van der Waals surface area contributed by atoms with Crippen LogP contribution in [0.3, 0.4) is 0 Å². The first-order chi connectivity index (χ1) is 10.9. The SMILES string of the molecule is O=C(CC(F)(F)F)N1CCc2ccccc2C1CN1CCCC1. The Balaban J connectivity index is 1.84. The van der Waals surface area contributed by atoms with Gasteiger partial charge in [0.2, 0.25) is 5.91 Å². The van der Waals surface area contributed by atoms with E-state index >= 15 is 0 Å². The summed E-state index contributed by atoms with van der Waals surface area (Å²) in [7, 11) is 0. The van der Waals surface area contributed by atoms with Crippen molar-refractivity contribution in [1.29, 1.82) is 0 Å². The second-order valence-electron chi connectivity index (χ2n) is 6.35. The molecule has 6 heteroatoms. The third-order valence-corrected chi connectivity index (χ3v) is 4.71. The lowest BCUT2D eigenvalue weighted by Crippen LogP contribution is -2.45.